The number of hydrogen-bond donors (Lipinski definition) is 1. The van der Waals surface area contributed by atoms with Crippen LogP contribution in [0.4, 0.5) is 5.69 Å². The van der Waals surface area contributed by atoms with Gasteiger partial charge in [0.1, 0.15) is 11.9 Å². The van der Waals surface area contributed by atoms with Crippen molar-refractivity contribution in [3.05, 3.63) is 24.3 Å². The predicted molar refractivity (Wildman–Crippen MR) is 56.2 cm³/mol. The summed E-state index contributed by atoms with van der Waals surface area (Å²) in [5, 5.41) is 0. The van der Waals surface area contributed by atoms with E-state index in [2.05, 4.69) is 18.0 Å². The lowest BCUT2D eigenvalue weighted by Gasteiger charge is -2.14. The van der Waals surface area contributed by atoms with E-state index in [4.69, 9.17) is 10.5 Å². The maximum atomic E-state index is 5.78. The molecular formula is C11H15N2O. The van der Waals surface area contributed by atoms with Gasteiger partial charge in [0.05, 0.1) is 5.69 Å². The SMILES string of the molecule is CN1CC[C@@H](Oc2c[c]ccc2N)C1. The Labute approximate surface area is 84.5 Å². The molecule has 2 N–H and O–H groups in total. The molecule has 75 valence electrons. The molecule has 0 amide bonds. The topological polar surface area (TPSA) is 38.5 Å². The van der Waals surface area contributed by atoms with Gasteiger partial charge in [-0.15, -0.1) is 0 Å². The molecule has 1 radical (unpaired) electrons. The van der Waals surface area contributed by atoms with Crippen molar-refractivity contribution in [3.8, 4) is 5.75 Å². The lowest BCUT2D eigenvalue weighted by atomic mass is 10.3. The van der Waals surface area contributed by atoms with Crippen molar-refractivity contribution in [2.45, 2.75) is 12.5 Å². The third-order valence-electron chi connectivity index (χ3n) is 2.50. The summed E-state index contributed by atoms with van der Waals surface area (Å²) >= 11 is 0. The van der Waals surface area contributed by atoms with Crippen LogP contribution >= 0.6 is 0 Å². The fourth-order valence-electron chi connectivity index (χ4n) is 1.70. The maximum Gasteiger partial charge on any atom is 0.143 e. The molecule has 1 aliphatic heterocycles. The monoisotopic (exact) mass is 191 g/mol. The summed E-state index contributed by atoms with van der Waals surface area (Å²) in [6, 6.07) is 8.38. The molecule has 3 heteroatoms. The minimum atomic E-state index is 0.276. The molecule has 0 aliphatic carbocycles. The van der Waals surface area contributed by atoms with Crippen LogP contribution in [0.3, 0.4) is 0 Å². The lowest BCUT2D eigenvalue weighted by molar-refractivity contribution is 0.209. The fourth-order valence-corrected chi connectivity index (χ4v) is 1.70. The van der Waals surface area contributed by atoms with Crippen LogP contribution in [-0.4, -0.2) is 31.1 Å². The minimum Gasteiger partial charge on any atom is -0.487 e. The highest BCUT2D eigenvalue weighted by molar-refractivity contribution is 5.51. The Hall–Kier alpha value is -1.22. The van der Waals surface area contributed by atoms with E-state index in [1.54, 1.807) is 12.1 Å². The Bertz CT molecular complexity index is 314. The second-order valence-electron chi connectivity index (χ2n) is 3.75. The van der Waals surface area contributed by atoms with Gasteiger partial charge in [0.2, 0.25) is 0 Å². The van der Waals surface area contributed by atoms with Gasteiger partial charge in [-0.2, -0.15) is 0 Å². The zero-order valence-electron chi connectivity index (χ0n) is 8.36. The molecule has 14 heavy (non-hydrogen) atoms. The number of nitrogens with zero attached hydrogens (tertiary/aromatic N) is 1. The van der Waals surface area contributed by atoms with E-state index >= 15 is 0 Å². The molecule has 1 aromatic rings. The van der Waals surface area contributed by atoms with E-state index in [0.717, 1.165) is 25.3 Å². The number of benzene rings is 1. The van der Waals surface area contributed by atoms with Crippen LogP contribution in [0, 0.1) is 6.07 Å². The zero-order chi connectivity index (χ0) is 9.97. The normalized spacial score (nSPS) is 22.5. The van der Waals surface area contributed by atoms with Gasteiger partial charge in [0, 0.05) is 13.1 Å². The molecule has 1 atom stereocenters. The summed E-state index contributed by atoms with van der Waals surface area (Å²) in [5.41, 5.74) is 6.47. The quantitative estimate of drug-likeness (QED) is 0.713. The Morgan fingerprint density at radius 1 is 1.64 bits per heavy atom. The van der Waals surface area contributed by atoms with Crippen molar-refractivity contribution in [1.29, 1.82) is 0 Å². The number of anilines is 1. The summed E-state index contributed by atoms with van der Waals surface area (Å²) in [7, 11) is 2.10. The van der Waals surface area contributed by atoms with Crippen molar-refractivity contribution < 1.29 is 4.74 Å². The Morgan fingerprint density at radius 2 is 2.50 bits per heavy atom. The van der Waals surface area contributed by atoms with Crippen LogP contribution in [0.15, 0.2) is 18.2 Å². The molecule has 0 saturated carbocycles. The van der Waals surface area contributed by atoms with Gasteiger partial charge in [0.15, 0.2) is 0 Å². The van der Waals surface area contributed by atoms with E-state index in [1.807, 2.05) is 6.07 Å². The molecule has 1 aliphatic rings. The lowest BCUT2D eigenvalue weighted by Crippen LogP contribution is -2.21. The number of likely N-dealkylation sites (N-methyl/N-ethyl adjacent to an activating group) is 1. The van der Waals surface area contributed by atoms with E-state index in [1.165, 1.54) is 0 Å². The molecule has 0 unspecified atom stereocenters. The van der Waals surface area contributed by atoms with Gasteiger partial charge in [-0.25, -0.2) is 0 Å². The van der Waals surface area contributed by atoms with Crippen LogP contribution in [0.5, 0.6) is 5.75 Å². The highest BCUT2D eigenvalue weighted by Gasteiger charge is 2.21. The number of hydrogen-bond acceptors (Lipinski definition) is 3. The fraction of sp³-hybridized carbons (Fsp3) is 0.455. The summed E-state index contributed by atoms with van der Waals surface area (Å²) in [6.45, 7) is 2.08. The first-order valence-electron chi connectivity index (χ1n) is 4.86. The summed E-state index contributed by atoms with van der Waals surface area (Å²) in [5.74, 6) is 0.757. The maximum absolute atomic E-state index is 5.78. The number of likely N-dealkylation sites (tertiary alicyclic amines) is 1. The van der Waals surface area contributed by atoms with Crippen LogP contribution < -0.4 is 10.5 Å². The molecule has 1 heterocycles. The average molecular weight is 191 g/mol. The van der Waals surface area contributed by atoms with E-state index in [0.29, 0.717) is 5.69 Å². The second-order valence-corrected chi connectivity index (χ2v) is 3.75. The van der Waals surface area contributed by atoms with Crippen LogP contribution in [0.25, 0.3) is 0 Å². The molecule has 0 bridgehead atoms. The molecule has 2 rings (SSSR count). The minimum absolute atomic E-state index is 0.276. The first-order valence-corrected chi connectivity index (χ1v) is 4.86. The Balaban J connectivity index is 2.01. The zero-order valence-corrected chi connectivity index (χ0v) is 8.36. The van der Waals surface area contributed by atoms with Crippen molar-refractivity contribution in [2.24, 2.45) is 0 Å². The van der Waals surface area contributed by atoms with Crippen molar-refractivity contribution in [2.75, 3.05) is 25.9 Å². The van der Waals surface area contributed by atoms with E-state index in [9.17, 15) is 0 Å². The molecule has 3 nitrogen and oxygen atoms in total. The van der Waals surface area contributed by atoms with Gasteiger partial charge >= 0.3 is 0 Å². The first kappa shape index (κ1) is 9.34. The first-order chi connectivity index (χ1) is 6.75. The third-order valence-corrected chi connectivity index (χ3v) is 2.50. The Morgan fingerprint density at radius 3 is 3.14 bits per heavy atom. The van der Waals surface area contributed by atoms with Crippen LogP contribution in [-0.2, 0) is 0 Å². The summed E-state index contributed by atoms with van der Waals surface area (Å²) in [4.78, 5) is 2.26. The predicted octanol–water partition coefficient (Wildman–Crippen LogP) is 1.15. The van der Waals surface area contributed by atoms with Crippen molar-refractivity contribution in [1.82, 2.24) is 4.90 Å². The van der Waals surface area contributed by atoms with Gasteiger partial charge < -0.3 is 15.4 Å². The van der Waals surface area contributed by atoms with Gasteiger partial charge in [0.25, 0.3) is 0 Å². The van der Waals surface area contributed by atoms with E-state index < -0.39 is 0 Å². The van der Waals surface area contributed by atoms with Crippen molar-refractivity contribution >= 4 is 5.69 Å². The van der Waals surface area contributed by atoms with Gasteiger partial charge in [-0.05, 0) is 31.7 Å². The van der Waals surface area contributed by atoms with E-state index in [-0.39, 0.29) is 6.10 Å². The second kappa shape index (κ2) is 3.88. The standard InChI is InChI=1S/C11H15N2O/c1-13-7-6-9(8-13)14-11-5-3-2-4-10(11)12/h2,4-5,9H,6-8,12H2,1H3/t9-/m1/s1. The van der Waals surface area contributed by atoms with Crippen molar-refractivity contribution in [3.63, 3.8) is 0 Å². The third kappa shape index (κ3) is 1.99. The van der Waals surface area contributed by atoms with Crippen LogP contribution in [0.1, 0.15) is 6.42 Å². The Kier molecular flexibility index (Phi) is 2.59. The molecule has 0 aromatic heterocycles. The number of rotatable bonds is 2. The summed E-state index contributed by atoms with van der Waals surface area (Å²) in [6.07, 6.45) is 1.35. The average Bonchev–Trinajstić information content (AvgIpc) is 2.56. The molecule has 1 fully saturated rings. The number of nitrogen functional groups attached to an aromatic ring is 1. The molecular weight excluding hydrogens is 176 g/mol. The largest absolute Gasteiger partial charge is 0.487 e. The number of ether oxygens (including phenoxy) is 1. The highest BCUT2D eigenvalue weighted by atomic mass is 16.5. The van der Waals surface area contributed by atoms with Gasteiger partial charge in [-0.3, -0.25) is 0 Å². The van der Waals surface area contributed by atoms with Crippen LogP contribution in [0.2, 0.25) is 0 Å². The molecule has 0 spiro atoms. The van der Waals surface area contributed by atoms with Gasteiger partial charge in [-0.1, -0.05) is 6.07 Å². The number of nitrogens with two attached hydrogens (primary N) is 1. The molecule has 1 aromatic carbocycles. The highest BCUT2D eigenvalue weighted by Crippen LogP contribution is 2.23. The summed E-state index contributed by atoms with van der Waals surface area (Å²) < 4.78 is 5.78. The smallest absolute Gasteiger partial charge is 0.143 e. The molecule has 1 saturated heterocycles.